The highest BCUT2D eigenvalue weighted by molar-refractivity contribution is 6.04. The molecule has 7 nitrogen and oxygen atoms in total. The molecule has 0 unspecified atom stereocenters. The lowest BCUT2D eigenvalue weighted by Gasteiger charge is -2.13. The molecule has 0 saturated carbocycles. The molecule has 7 heteroatoms. The molecule has 3 aromatic rings. The summed E-state index contributed by atoms with van der Waals surface area (Å²) in [6.45, 7) is 0. The van der Waals surface area contributed by atoms with Crippen molar-refractivity contribution in [3.8, 4) is 17.2 Å². The Morgan fingerprint density at radius 3 is 2.21 bits per heavy atom. The molecule has 2 N–H and O–H groups in total. The molecule has 0 atom stereocenters. The third-order valence-electron chi connectivity index (χ3n) is 4.04. The minimum Gasteiger partial charge on any atom is -0.497 e. The first-order chi connectivity index (χ1) is 13.6. The molecule has 1 heterocycles. The van der Waals surface area contributed by atoms with E-state index in [4.69, 9.17) is 14.2 Å². The predicted molar refractivity (Wildman–Crippen MR) is 108 cm³/mol. The van der Waals surface area contributed by atoms with Crippen molar-refractivity contribution in [3.63, 3.8) is 0 Å². The second-order valence-corrected chi connectivity index (χ2v) is 5.84. The van der Waals surface area contributed by atoms with Gasteiger partial charge in [0.1, 0.15) is 17.2 Å². The number of hydrogen-bond donors (Lipinski definition) is 2. The van der Waals surface area contributed by atoms with Crippen LogP contribution >= 0.6 is 0 Å². The first-order valence-electron chi connectivity index (χ1n) is 8.52. The molecule has 28 heavy (non-hydrogen) atoms. The summed E-state index contributed by atoms with van der Waals surface area (Å²) in [5, 5.41) is 6.04. The first kappa shape index (κ1) is 19.0. The molecule has 144 valence electrons. The van der Waals surface area contributed by atoms with Crippen molar-refractivity contribution in [1.29, 1.82) is 0 Å². The lowest BCUT2D eigenvalue weighted by Crippen LogP contribution is -2.12. The molecule has 0 aliphatic heterocycles. The molecule has 3 rings (SSSR count). The normalized spacial score (nSPS) is 10.1. The van der Waals surface area contributed by atoms with E-state index in [2.05, 4.69) is 15.6 Å². The van der Waals surface area contributed by atoms with Gasteiger partial charge in [-0.15, -0.1) is 0 Å². The fourth-order valence-corrected chi connectivity index (χ4v) is 2.57. The fraction of sp³-hybridized carbons (Fsp3) is 0.143. The fourth-order valence-electron chi connectivity index (χ4n) is 2.57. The first-order valence-corrected chi connectivity index (χ1v) is 8.52. The standard InChI is InChI=1S/C21H21N3O4/c1-26-17-6-4-15(5-7-17)24-21(25)14-10-16(13-22-12-14)23-19-9-8-18(27-2)11-20(19)28-3/h4-13,23H,1-3H3,(H,24,25). The highest BCUT2D eigenvalue weighted by Crippen LogP contribution is 2.31. The van der Waals surface area contributed by atoms with Crippen molar-refractivity contribution in [2.45, 2.75) is 0 Å². The maximum absolute atomic E-state index is 12.5. The molecule has 0 radical (unpaired) electrons. The maximum Gasteiger partial charge on any atom is 0.257 e. The Bertz CT molecular complexity index is 958. The van der Waals surface area contributed by atoms with E-state index in [1.807, 2.05) is 12.1 Å². The Hall–Kier alpha value is -3.74. The van der Waals surface area contributed by atoms with Crippen LogP contribution < -0.4 is 24.8 Å². The number of aromatic nitrogens is 1. The highest BCUT2D eigenvalue weighted by Gasteiger charge is 2.10. The number of carbonyl (C=O) groups is 1. The topological polar surface area (TPSA) is 81.7 Å². The predicted octanol–water partition coefficient (Wildman–Crippen LogP) is 4.10. The van der Waals surface area contributed by atoms with Crippen LogP contribution in [0.4, 0.5) is 17.1 Å². The maximum atomic E-state index is 12.5. The summed E-state index contributed by atoms with van der Waals surface area (Å²) < 4.78 is 15.7. The van der Waals surface area contributed by atoms with Crippen molar-refractivity contribution >= 4 is 23.0 Å². The summed E-state index contributed by atoms with van der Waals surface area (Å²) in [5.74, 6) is 1.77. The number of pyridine rings is 1. The Balaban J connectivity index is 1.75. The van der Waals surface area contributed by atoms with Gasteiger partial charge < -0.3 is 24.8 Å². The zero-order valence-corrected chi connectivity index (χ0v) is 15.9. The van der Waals surface area contributed by atoms with Crippen LogP contribution in [0.5, 0.6) is 17.2 Å². The summed E-state index contributed by atoms with van der Waals surface area (Å²) in [7, 11) is 4.77. The number of rotatable bonds is 7. The zero-order chi connectivity index (χ0) is 19.9. The molecule has 1 aromatic heterocycles. The smallest absolute Gasteiger partial charge is 0.257 e. The van der Waals surface area contributed by atoms with Gasteiger partial charge >= 0.3 is 0 Å². The van der Waals surface area contributed by atoms with Crippen LogP contribution in [0.1, 0.15) is 10.4 Å². The second-order valence-electron chi connectivity index (χ2n) is 5.84. The molecule has 0 spiro atoms. The number of nitrogens with zero attached hydrogens (tertiary/aromatic N) is 1. The number of benzene rings is 2. The molecule has 0 bridgehead atoms. The van der Waals surface area contributed by atoms with Crippen LogP contribution in [0.25, 0.3) is 0 Å². The third-order valence-corrected chi connectivity index (χ3v) is 4.04. The van der Waals surface area contributed by atoms with E-state index in [0.717, 1.165) is 11.4 Å². The summed E-state index contributed by atoms with van der Waals surface area (Å²) >= 11 is 0. The quantitative estimate of drug-likeness (QED) is 0.643. The molecule has 0 saturated heterocycles. The van der Waals surface area contributed by atoms with Crippen LogP contribution in [0.3, 0.4) is 0 Å². The van der Waals surface area contributed by atoms with Gasteiger partial charge in [-0.2, -0.15) is 0 Å². The van der Waals surface area contributed by atoms with Crippen LogP contribution in [0.15, 0.2) is 60.9 Å². The van der Waals surface area contributed by atoms with Crippen molar-refractivity contribution in [2.75, 3.05) is 32.0 Å². The second kappa shape index (κ2) is 8.77. The third kappa shape index (κ3) is 4.50. The van der Waals surface area contributed by atoms with Gasteiger partial charge in [0, 0.05) is 18.0 Å². The Morgan fingerprint density at radius 2 is 1.54 bits per heavy atom. The molecule has 0 fully saturated rings. The van der Waals surface area contributed by atoms with E-state index in [1.165, 1.54) is 6.20 Å². The number of amides is 1. The molecule has 0 aliphatic rings. The average Bonchev–Trinajstić information content (AvgIpc) is 2.74. The summed E-state index contributed by atoms with van der Waals surface area (Å²) in [6.07, 6.45) is 3.14. The Kier molecular flexibility index (Phi) is 5.96. The zero-order valence-electron chi connectivity index (χ0n) is 15.9. The van der Waals surface area contributed by atoms with Crippen LogP contribution in [-0.4, -0.2) is 32.2 Å². The van der Waals surface area contributed by atoms with Crippen molar-refractivity contribution in [3.05, 3.63) is 66.5 Å². The SMILES string of the molecule is COc1ccc(NC(=O)c2cncc(Nc3ccc(OC)cc3OC)c2)cc1. The molecule has 1 amide bonds. The number of nitrogens with one attached hydrogen (secondary N) is 2. The molecular weight excluding hydrogens is 358 g/mol. The van der Waals surface area contributed by atoms with Gasteiger partial charge in [-0.1, -0.05) is 0 Å². The van der Waals surface area contributed by atoms with Crippen molar-refractivity contribution < 1.29 is 19.0 Å². The summed E-state index contributed by atoms with van der Waals surface area (Å²) in [6, 6.07) is 14.2. The Morgan fingerprint density at radius 1 is 0.821 bits per heavy atom. The molecule has 0 aliphatic carbocycles. The van der Waals surface area contributed by atoms with E-state index < -0.39 is 0 Å². The minimum atomic E-state index is -0.261. The highest BCUT2D eigenvalue weighted by atomic mass is 16.5. The van der Waals surface area contributed by atoms with E-state index in [9.17, 15) is 4.79 Å². The van der Waals surface area contributed by atoms with Gasteiger partial charge in [-0.3, -0.25) is 9.78 Å². The summed E-state index contributed by atoms with van der Waals surface area (Å²) in [5.41, 5.74) is 2.48. The van der Waals surface area contributed by atoms with Gasteiger partial charge in [0.2, 0.25) is 0 Å². The van der Waals surface area contributed by atoms with E-state index in [0.29, 0.717) is 28.4 Å². The van der Waals surface area contributed by atoms with Crippen LogP contribution in [-0.2, 0) is 0 Å². The van der Waals surface area contributed by atoms with E-state index in [-0.39, 0.29) is 5.91 Å². The van der Waals surface area contributed by atoms with E-state index in [1.54, 1.807) is 63.9 Å². The van der Waals surface area contributed by atoms with E-state index >= 15 is 0 Å². The van der Waals surface area contributed by atoms with Crippen molar-refractivity contribution in [2.24, 2.45) is 0 Å². The number of anilines is 3. The Labute approximate surface area is 163 Å². The lowest BCUT2D eigenvalue weighted by molar-refractivity contribution is 0.102. The van der Waals surface area contributed by atoms with Gasteiger partial charge in [0.25, 0.3) is 5.91 Å². The average molecular weight is 379 g/mol. The number of carbonyl (C=O) groups excluding carboxylic acids is 1. The molecular formula is C21H21N3O4. The number of methoxy groups -OCH3 is 3. The number of ether oxygens (including phenoxy) is 3. The molecule has 2 aromatic carbocycles. The minimum absolute atomic E-state index is 0.261. The van der Waals surface area contributed by atoms with Gasteiger partial charge in [0.05, 0.1) is 44.5 Å². The van der Waals surface area contributed by atoms with Gasteiger partial charge in [-0.25, -0.2) is 0 Å². The van der Waals surface area contributed by atoms with Crippen LogP contribution in [0.2, 0.25) is 0 Å². The largest absolute Gasteiger partial charge is 0.497 e. The van der Waals surface area contributed by atoms with Crippen LogP contribution in [0, 0.1) is 0 Å². The van der Waals surface area contributed by atoms with Gasteiger partial charge in [0.15, 0.2) is 0 Å². The summed E-state index contributed by atoms with van der Waals surface area (Å²) in [4.78, 5) is 16.7. The van der Waals surface area contributed by atoms with Crippen molar-refractivity contribution in [1.82, 2.24) is 4.98 Å². The number of hydrogen-bond acceptors (Lipinski definition) is 6. The van der Waals surface area contributed by atoms with Gasteiger partial charge in [-0.05, 0) is 42.5 Å². The lowest BCUT2D eigenvalue weighted by atomic mass is 10.2. The monoisotopic (exact) mass is 379 g/mol.